The maximum atomic E-state index is 12.7. The molecule has 0 aliphatic carbocycles. The number of nitrogens with zero attached hydrogens (tertiary/aromatic N) is 2. The highest BCUT2D eigenvalue weighted by atomic mass is 16.4. The van der Waals surface area contributed by atoms with Crippen LogP contribution in [0.5, 0.6) is 0 Å². The number of hydrogen-bond donors (Lipinski definition) is 0. The minimum absolute atomic E-state index is 0.0417. The Morgan fingerprint density at radius 2 is 1.95 bits per heavy atom. The minimum Gasteiger partial charge on any atom is -0.436 e. The van der Waals surface area contributed by atoms with Gasteiger partial charge in [-0.15, -0.1) is 0 Å². The minimum atomic E-state index is -0.0513. The van der Waals surface area contributed by atoms with Crippen LogP contribution < -0.4 is 0 Å². The van der Waals surface area contributed by atoms with Crippen LogP contribution in [-0.2, 0) is 0 Å². The summed E-state index contributed by atoms with van der Waals surface area (Å²) in [5.74, 6) is 1.20. The van der Waals surface area contributed by atoms with Gasteiger partial charge in [-0.1, -0.05) is 44.2 Å². The zero-order valence-electron chi connectivity index (χ0n) is 13.6. The van der Waals surface area contributed by atoms with Gasteiger partial charge in [-0.25, -0.2) is 4.98 Å². The molecule has 1 aromatic heterocycles. The first-order chi connectivity index (χ1) is 10.4. The van der Waals surface area contributed by atoms with Crippen molar-refractivity contribution in [2.45, 2.75) is 33.6 Å². The van der Waals surface area contributed by atoms with Crippen LogP contribution >= 0.6 is 0 Å². The molecule has 2 heterocycles. The van der Waals surface area contributed by atoms with Crippen molar-refractivity contribution < 1.29 is 9.21 Å². The van der Waals surface area contributed by atoms with E-state index in [2.05, 4.69) is 43.1 Å². The Bertz CT molecular complexity index is 688. The average Bonchev–Trinajstić information content (AvgIpc) is 2.98. The maximum Gasteiger partial charge on any atom is 0.291 e. The summed E-state index contributed by atoms with van der Waals surface area (Å²) in [4.78, 5) is 18.8. The van der Waals surface area contributed by atoms with Gasteiger partial charge in [0.1, 0.15) is 0 Å². The van der Waals surface area contributed by atoms with E-state index in [9.17, 15) is 4.79 Å². The van der Waals surface area contributed by atoms with Crippen molar-refractivity contribution in [3.8, 4) is 0 Å². The van der Waals surface area contributed by atoms with E-state index in [0.717, 1.165) is 13.1 Å². The van der Waals surface area contributed by atoms with Crippen LogP contribution in [-0.4, -0.2) is 28.9 Å². The monoisotopic (exact) mass is 298 g/mol. The number of likely N-dealkylation sites (tertiary alicyclic amines) is 1. The molecular weight excluding hydrogens is 276 g/mol. The highest BCUT2D eigenvalue weighted by Gasteiger charge is 2.43. The molecule has 1 aromatic carbocycles. The summed E-state index contributed by atoms with van der Waals surface area (Å²) in [5.41, 5.74) is 2.00. The molecule has 0 N–H and O–H groups in total. The lowest BCUT2D eigenvalue weighted by Crippen LogP contribution is -2.30. The largest absolute Gasteiger partial charge is 0.436 e. The van der Waals surface area contributed by atoms with E-state index in [0.29, 0.717) is 23.3 Å². The third kappa shape index (κ3) is 2.54. The molecule has 1 fully saturated rings. The van der Waals surface area contributed by atoms with Crippen LogP contribution in [0, 0.1) is 19.3 Å². The molecule has 0 bridgehead atoms. The van der Waals surface area contributed by atoms with E-state index < -0.39 is 0 Å². The smallest absolute Gasteiger partial charge is 0.291 e. The lowest BCUT2D eigenvalue weighted by atomic mass is 9.78. The summed E-state index contributed by atoms with van der Waals surface area (Å²) in [6.45, 7) is 9.47. The number of carbonyl (C=O) groups is 1. The quantitative estimate of drug-likeness (QED) is 0.851. The molecule has 1 unspecified atom stereocenters. The molecule has 3 rings (SSSR count). The van der Waals surface area contributed by atoms with Gasteiger partial charge in [-0.05, 0) is 17.9 Å². The van der Waals surface area contributed by atoms with E-state index in [1.807, 2.05) is 17.9 Å². The van der Waals surface area contributed by atoms with Gasteiger partial charge in [0, 0.05) is 25.9 Å². The SMILES string of the molecule is Cc1nc(C)c(C(=O)N2CC(c3ccccc3)C(C)(C)C2)o1. The number of hydrogen-bond acceptors (Lipinski definition) is 3. The van der Waals surface area contributed by atoms with Crippen molar-refractivity contribution in [1.82, 2.24) is 9.88 Å². The molecule has 2 aromatic rings. The Morgan fingerprint density at radius 1 is 1.27 bits per heavy atom. The van der Waals surface area contributed by atoms with Crippen LogP contribution in [0.4, 0.5) is 0 Å². The maximum absolute atomic E-state index is 12.7. The van der Waals surface area contributed by atoms with Gasteiger partial charge in [0.05, 0.1) is 5.69 Å². The van der Waals surface area contributed by atoms with E-state index in [1.165, 1.54) is 5.56 Å². The molecule has 1 aliphatic heterocycles. The number of oxazole rings is 1. The fraction of sp³-hybridized carbons (Fsp3) is 0.444. The second-order valence-corrected chi connectivity index (χ2v) is 6.78. The Labute approximate surface area is 131 Å². The molecule has 1 aliphatic rings. The summed E-state index contributed by atoms with van der Waals surface area (Å²) in [7, 11) is 0. The molecule has 1 saturated heterocycles. The molecule has 1 atom stereocenters. The molecule has 4 heteroatoms. The van der Waals surface area contributed by atoms with Crippen molar-refractivity contribution in [3.05, 3.63) is 53.2 Å². The van der Waals surface area contributed by atoms with Gasteiger partial charge in [-0.3, -0.25) is 4.79 Å². The first-order valence-electron chi connectivity index (χ1n) is 7.67. The fourth-order valence-corrected chi connectivity index (χ4v) is 3.40. The van der Waals surface area contributed by atoms with Gasteiger partial charge in [-0.2, -0.15) is 0 Å². The molecule has 4 nitrogen and oxygen atoms in total. The fourth-order valence-electron chi connectivity index (χ4n) is 3.40. The van der Waals surface area contributed by atoms with Gasteiger partial charge >= 0.3 is 0 Å². The average molecular weight is 298 g/mol. The summed E-state index contributed by atoms with van der Waals surface area (Å²) < 4.78 is 5.50. The van der Waals surface area contributed by atoms with Gasteiger partial charge in [0.25, 0.3) is 5.91 Å². The second-order valence-electron chi connectivity index (χ2n) is 6.78. The molecule has 1 amide bonds. The van der Waals surface area contributed by atoms with Crippen molar-refractivity contribution in [2.24, 2.45) is 5.41 Å². The lowest BCUT2D eigenvalue weighted by molar-refractivity contribution is 0.0744. The van der Waals surface area contributed by atoms with Crippen LogP contribution in [0.2, 0.25) is 0 Å². The first-order valence-corrected chi connectivity index (χ1v) is 7.67. The predicted molar refractivity (Wildman–Crippen MR) is 84.8 cm³/mol. The highest BCUT2D eigenvalue weighted by Crippen LogP contribution is 2.42. The van der Waals surface area contributed by atoms with Gasteiger partial charge in [0.15, 0.2) is 5.89 Å². The zero-order chi connectivity index (χ0) is 15.9. The van der Waals surface area contributed by atoms with E-state index >= 15 is 0 Å². The van der Waals surface area contributed by atoms with E-state index in [1.54, 1.807) is 6.92 Å². The highest BCUT2D eigenvalue weighted by molar-refractivity contribution is 5.92. The Balaban J connectivity index is 1.86. The van der Waals surface area contributed by atoms with Crippen molar-refractivity contribution in [1.29, 1.82) is 0 Å². The topological polar surface area (TPSA) is 46.3 Å². The molecular formula is C18H22N2O2. The molecule has 0 saturated carbocycles. The predicted octanol–water partition coefficient (Wildman–Crippen LogP) is 3.56. The van der Waals surface area contributed by atoms with E-state index in [-0.39, 0.29) is 11.3 Å². The van der Waals surface area contributed by atoms with Crippen LogP contribution in [0.1, 0.15) is 47.5 Å². The van der Waals surface area contributed by atoms with Crippen molar-refractivity contribution in [3.63, 3.8) is 0 Å². The van der Waals surface area contributed by atoms with Gasteiger partial charge < -0.3 is 9.32 Å². The Hall–Kier alpha value is -2.10. The summed E-state index contributed by atoms with van der Waals surface area (Å²) in [6.07, 6.45) is 0. The first kappa shape index (κ1) is 14.8. The number of benzene rings is 1. The standard InChI is InChI=1S/C18H22N2O2/c1-12-16(22-13(2)19-12)17(21)20-10-15(18(3,4)11-20)14-8-6-5-7-9-14/h5-9,15H,10-11H2,1-4H3. The molecule has 22 heavy (non-hydrogen) atoms. The van der Waals surface area contributed by atoms with Crippen LogP contribution in [0.3, 0.4) is 0 Å². The van der Waals surface area contributed by atoms with Crippen molar-refractivity contribution >= 4 is 5.91 Å². The zero-order valence-corrected chi connectivity index (χ0v) is 13.6. The Kier molecular flexibility index (Phi) is 3.55. The number of amides is 1. The molecule has 0 radical (unpaired) electrons. The third-order valence-electron chi connectivity index (χ3n) is 4.53. The summed E-state index contributed by atoms with van der Waals surface area (Å²) >= 11 is 0. The lowest BCUT2D eigenvalue weighted by Gasteiger charge is -2.25. The third-order valence-corrected chi connectivity index (χ3v) is 4.53. The summed E-state index contributed by atoms with van der Waals surface area (Å²) in [5, 5.41) is 0. The molecule has 116 valence electrons. The second kappa shape index (κ2) is 5.27. The number of aromatic nitrogens is 1. The normalized spacial score (nSPS) is 20.4. The van der Waals surface area contributed by atoms with E-state index in [4.69, 9.17) is 4.42 Å². The Morgan fingerprint density at radius 3 is 2.55 bits per heavy atom. The number of carbonyl (C=O) groups excluding carboxylic acids is 1. The molecule has 0 spiro atoms. The van der Waals surface area contributed by atoms with Crippen LogP contribution in [0.15, 0.2) is 34.7 Å². The van der Waals surface area contributed by atoms with Crippen LogP contribution in [0.25, 0.3) is 0 Å². The summed E-state index contributed by atoms with van der Waals surface area (Å²) in [6, 6.07) is 10.4. The number of rotatable bonds is 2. The number of aryl methyl sites for hydroxylation is 2. The van der Waals surface area contributed by atoms with Gasteiger partial charge in [0.2, 0.25) is 5.76 Å². The van der Waals surface area contributed by atoms with Crippen molar-refractivity contribution in [2.75, 3.05) is 13.1 Å².